The topological polar surface area (TPSA) is 122 Å². The Morgan fingerprint density at radius 3 is 1.37 bits per heavy atom. The summed E-state index contributed by atoms with van der Waals surface area (Å²) in [5.41, 5.74) is 0.909. The van der Waals surface area contributed by atoms with Crippen molar-refractivity contribution in [3.8, 4) is 0 Å². The molecule has 0 saturated carbocycles. The first kappa shape index (κ1) is 21.0. The molecule has 9 nitrogen and oxygen atoms in total. The average molecular weight is 415 g/mol. The maximum Gasteiger partial charge on any atom is 0.425 e. The number of halogens is 1. The summed E-state index contributed by atoms with van der Waals surface area (Å²) in [5.74, 6) is 0. The van der Waals surface area contributed by atoms with Crippen molar-refractivity contribution in [3.05, 3.63) is 79.9 Å². The standard InChI is InChI=1S/C16H16ClN2O7P/c1-11(13-3-7-15(8-4-13)18(20)21)25-27(17,24)26-12(2)14-5-9-16(10-6-14)19(22)23/h3-12H,1-2H3. The second-order valence-corrected chi connectivity index (χ2v) is 8.15. The SMILES string of the molecule is CC(OP(=O)(Cl)OC(C)c1ccc([N+](=O)[O-])cc1)c1ccc([N+](=O)[O-])cc1. The highest BCUT2D eigenvalue weighted by Gasteiger charge is 2.28. The van der Waals surface area contributed by atoms with Crippen LogP contribution in [0.1, 0.15) is 37.2 Å². The van der Waals surface area contributed by atoms with E-state index in [1.165, 1.54) is 48.5 Å². The van der Waals surface area contributed by atoms with Crippen LogP contribution in [-0.4, -0.2) is 9.85 Å². The summed E-state index contributed by atoms with van der Waals surface area (Å²) < 4.78 is 23.0. The number of nitro benzene ring substituents is 2. The smallest absolute Gasteiger partial charge is 0.289 e. The van der Waals surface area contributed by atoms with Crippen LogP contribution in [0.2, 0.25) is 0 Å². The number of hydrogen-bond donors (Lipinski definition) is 0. The van der Waals surface area contributed by atoms with Gasteiger partial charge in [0.15, 0.2) is 0 Å². The minimum Gasteiger partial charge on any atom is -0.289 e. The molecule has 0 aliphatic heterocycles. The molecule has 0 aliphatic carbocycles. The van der Waals surface area contributed by atoms with Gasteiger partial charge in [0.05, 0.1) is 22.1 Å². The third-order valence-electron chi connectivity index (χ3n) is 3.71. The van der Waals surface area contributed by atoms with E-state index in [1.807, 2.05) is 0 Å². The molecule has 2 unspecified atom stereocenters. The van der Waals surface area contributed by atoms with Gasteiger partial charge in [-0.3, -0.25) is 29.3 Å². The van der Waals surface area contributed by atoms with Crippen LogP contribution in [0.3, 0.4) is 0 Å². The molecule has 144 valence electrons. The van der Waals surface area contributed by atoms with E-state index in [4.69, 9.17) is 20.3 Å². The number of nitrogens with zero attached hydrogens (tertiary/aromatic N) is 2. The molecule has 0 aromatic heterocycles. The second kappa shape index (κ2) is 8.58. The lowest BCUT2D eigenvalue weighted by Crippen LogP contribution is -2.02. The lowest BCUT2D eigenvalue weighted by atomic mass is 10.1. The van der Waals surface area contributed by atoms with Crippen LogP contribution in [0.5, 0.6) is 0 Å². The summed E-state index contributed by atoms with van der Waals surface area (Å²) in [4.78, 5) is 20.3. The highest BCUT2D eigenvalue weighted by Crippen LogP contribution is 2.59. The Balaban J connectivity index is 2.03. The zero-order chi connectivity index (χ0) is 20.2. The molecule has 0 N–H and O–H groups in total. The van der Waals surface area contributed by atoms with Crippen LogP contribution >= 0.6 is 18.2 Å². The summed E-state index contributed by atoms with van der Waals surface area (Å²) >= 11 is 5.88. The van der Waals surface area contributed by atoms with E-state index < -0.39 is 29.0 Å². The van der Waals surface area contributed by atoms with Gasteiger partial charge in [-0.1, -0.05) is 0 Å². The predicted molar refractivity (Wildman–Crippen MR) is 98.7 cm³/mol. The molecule has 2 rings (SSSR count). The molecule has 0 saturated heterocycles. The van der Waals surface area contributed by atoms with Crippen molar-refractivity contribution in [1.82, 2.24) is 0 Å². The van der Waals surface area contributed by atoms with Crippen molar-refractivity contribution in [3.63, 3.8) is 0 Å². The van der Waals surface area contributed by atoms with Crippen LogP contribution in [0.15, 0.2) is 48.5 Å². The first-order valence-corrected chi connectivity index (χ1v) is 10.2. The summed E-state index contributed by atoms with van der Waals surface area (Å²) in [6.45, 7) is -0.834. The van der Waals surface area contributed by atoms with Gasteiger partial charge in [0.25, 0.3) is 11.4 Å². The summed E-state index contributed by atoms with van der Waals surface area (Å²) in [6.07, 6.45) is -1.48. The molecular weight excluding hydrogens is 399 g/mol. The minimum atomic E-state index is -3.99. The number of hydrogen-bond acceptors (Lipinski definition) is 7. The maximum atomic E-state index is 12.4. The van der Waals surface area contributed by atoms with Gasteiger partial charge in [-0.15, -0.1) is 0 Å². The Morgan fingerprint density at radius 1 is 0.815 bits per heavy atom. The number of non-ortho nitro benzene ring substituents is 2. The highest BCUT2D eigenvalue weighted by molar-refractivity contribution is 7.81. The summed E-state index contributed by atoms with van der Waals surface area (Å²) in [7, 11) is 0. The van der Waals surface area contributed by atoms with Crippen LogP contribution in [-0.2, 0) is 13.6 Å². The predicted octanol–water partition coefficient (Wildman–Crippen LogP) is 5.71. The third kappa shape index (κ3) is 5.83. The normalized spacial score (nSPS) is 15.5. The molecule has 0 heterocycles. The summed E-state index contributed by atoms with van der Waals surface area (Å²) in [5, 5.41) is 21.4. The molecule has 0 amide bonds. The molecule has 2 aromatic carbocycles. The lowest BCUT2D eigenvalue weighted by molar-refractivity contribution is -0.385. The van der Waals surface area contributed by atoms with E-state index in [2.05, 4.69) is 0 Å². The van der Waals surface area contributed by atoms with Gasteiger partial charge in [-0.25, -0.2) is 4.57 Å². The Kier molecular flexibility index (Phi) is 6.67. The monoisotopic (exact) mass is 414 g/mol. The van der Waals surface area contributed by atoms with Gasteiger partial charge in [-0.05, 0) is 49.2 Å². The fraction of sp³-hybridized carbons (Fsp3) is 0.250. The molecule has 0 fully saturated rings. The first-order chi connectivity index (χ1) is 12.6. The lowest BCUT2D eigenvalue weighted by Gasteiger charge is -2.21. The van der Waals surface area contributed by atoms with Gasteiger partial charge in [0.2, 0.25) is 0 Å². The fourth-order valence-corrected chi connectivity index (χ4v) is 4.02. The summed E-state index contributed by atoms with van der Waals surface area (Å²) in [6, 6.07) is 11.1. The molecule has 0 aliphatic rings. The van der Waals surface area contributed by atoms with Crippen LogP contribution in [0.4, 0.5) is 11.4 Å². The fourth-order valence-electron chi connectivity index (χ4n) is 2.26. The van der Waals surface area contributed by atoms with Crippen molar-refractivity contribution in [2.24, 2.45) is 0 Å². The number of rotatable bonds is 8. The number of benzene rings is 2. The second-order valence-electron chi connectivity index (χ2n) is 5.62. The first-order valence-electron chi connectivity index (χ1n) is 7.74. The average Bonchev–Trinajstić information content (AvgIpc) is 2.61. The molecule has 2 atom stereocenters. The quantitative estimate of drug-likeness (QED) is 0.308. The van der Waals surface area contributed by atoms with Gasteiger partial charge < -0.3 is 0 Å². The highest BCUT2D eigenvalue weighted by atomic mass is 35.7. The molecule has 0 bridgehead atoms. The van der Waals surface area contributed by atoms with Crippen molar-refractivity contribution < 1.29 is 23.5 Å². The molecule has 11 heteroatoms. The van der Waals surface area contributed by atoms with Crippen LogP contribution in [0, 0.1) is 20.2 Å². The largest absolute Gasteiger partial charge is 0.425 e. The Bertz CT molecular complexity index is 804. The molecular formula is C16H16ClN2O7P. The Labute approximate surface area is 159 Å². The Morgan fingerprint density at radius 2 is 1.11 bits per heavy atom. The minimum absolute atomic E-state index is 0.0805. The molecule has 2 aromatic rings. The van der Waals surface area contributed by atoms with Gasteiger partial charge >= 0.3 is 6.95 Å². The van der Waals surface area contributed by atoms with E-state index >= 15 is 0 Å². The van der Waals surface area contributed by atoms with Crippen molar-refractivity contribution in [1.29, 1.82) is 0 Å². The van der Waals surface area contributed by atoms with E-state index in [0.29, 0.717) is 11.1 Å². The zero-order valence-electron chi connectivity index (χ0n) is 14.4. The number of nitro groups is 2. The van der Waals surface area contributed by atoms with Gasteiger partial charge in [0, 0.05) is 35.5 Å². The molecule has 0 radical (unpaired) electrons. The van der Waals surface area contributed by atoms with Crippen molar-refractivity contribution in [2.45, 2.75) is 26.1 Å². The third-order valence-corrected chi connectivity index (χ3v) is 5.33. The molecule has 27 heavy (non-hydrogen) atoms. The van der Waals surface area contributed by atoms with E-state index in [9.17, 15) is 24.8 Å². The Hall–Kier alpha value is -2.32. The maximum absolute atomic E-state index is 12.4. The van der Waals surface area contributed by atoms with Crippen molar-refractivity contribution in [2.75, 3.05) is 0 Å². The van der Waals surface area contributed by atoms with Crippen LogP contribution < -0.4 is 0 Å². The van der Waals surface area contributed by atoms with Crippen molar-refractivity contribution >= 4 is 29.6 Å². The van der Waals surface area contributed by atoms with Crippen LogP contribution in [0.25, 0.3) is 0 Å². The zero-order valence-corrected chi connectivity index (χ0v) is 16.0. The van der Waals surface area contributed by atoms with E-state index in [1.54, 1.807) is 13.8 Å². The van der Waals surface area contributed by atoms with Gasteiger partial charge in [-0.2, -0.15) is 0 Å². The van der Waals surface area contributed by atoms with E-state index in [-0.39, 0.29) is 11.4 Å². The van der Waals surface area contributed by atoms with E-state index in [0.717, 1.165) is 0 Å². The van der Waals surface area contributed by atoms with Gasteiger partial charge in [0.1, 0.15) is 0 Å². The molecule has 0 spiro atoms.